The topological polar surface area (TPSA) is 156 Å². The number of nitro benzene ring substituents is 1. The predicted molar refractivity (Wildman–Crippen MR) is 137 cm³/mol. The Morgan fingerprint density at radius 3 is 2.26 bits per heavy atom. The maximum Gasteiger partial charge on any atom is 0.325 e. The number of amides is 2. The lowest BCUT2D eigenvalue weighted by atomic mass is 9.76. The van der Waals surface area contributed by atoms with Gasteiger partial charge in [0, 0.05) is 37.6 Å². The van der Waals surface area contributed by atoms with E-state index in [2.05, 4.69) is 5.32 Å². The van der Waals surface area contributed by atoms with Gasteiger partial charge in [-0.05, 0) is 36.1 Å². The van der Waals surface area contributed by atoms with Crippen LogP contribution in [0.1, 0.15) is 56.2 Å². The molecule has 4 atom stereocenters. The van der Waals surface area contributed by atoms with Crippen molar-refractivity contribution >= 4 is 29.4 Å². The lowest BCUT2D eigenvalue weighted by Crippen LogP contribution is -2.58. The molecule has 0 radical (unpaired) electrons. The first-order valence-electron chi connectivity index (χ1n) is 13.0. The minimum absolute atomic E-state index is 0.137. The number of hydrogen-bond acceptors (Lipinski definition) is 8. The molecule has 204 valence electrons. The summed E-state index contributed by atoms with van der Waals surface area (Å²) in [5, 5.41) is 24.9. The number of carbonyl (C=O) groups excluding carboxylic acids is 3. The smallest absolute Gasteiger partial charge is 0.325 e. The van der Waals surface area contributed by atoms with E-state index >= 15 is 0 Å². The summed E-state index contributed by atoms with van der Waals surface area (Å²) in [4.78, 5) is 64.1. The molecule has 39 heavy (non-hydrogen) atoms. The average Bonchev–Trinajstić information content (AvgIpc) is 3.39. The molecule has 2 aromatic carbocycles. The number of benzene rings is 2. The Morgan fingerprint density at radius 2 is 1.69 bits per heavy atom. The van der Waals surface area contributed by atoms with Crippen molar-refractivity contribution in [1.29, 1.82) is 0 Å². The number of nitrogens with zero attached hydrogens (tertiary/aromatic N) is 2. The molecule has 11 heteroatoms. The quantitative estimate of drug-likeness (QED) is 0.179. The van der Waals surface area contributed by atoms with Crippen molar-refractivity contribution in [1.82, 2.24) is 10.2 Å². The van der Waals surface area contributed by atoms with E-state index < -0.39 is 46.2 Å². The van der Waals surface area contributed by atoms with Crippen molar-refractivity contribution < 1.29 is 33.9 Å². The number of imide groups is 1. The second-order valence-corrected chi connectivity index (χ2v) is 10.5. The molecule has 5 rings (SSSR count). The monoisotopic (exact) mass is 535 g/mol. The van der Waals surface area contributed by atoms with Crippen LogP contribution in [-0.4, -0.2) is 50.3 Å². The van der Waals surface area contributed by atoms with Gasteiger partial charge in [0.05, 0.1) is 16.8 Å². The van der Waals surface area contributed by atoms with Gasteiger partial charge in [0.25, 0.3) is 5.69 Å². The number of non-ortho nitro benzene ring substituents is 1. The van der Waals surface area contributed by atoms with E-state index in [-0.39, 0.29) is 24.1 Å². The molecule has 0 bridgehead atoms. The lowest BCUT2D eigenvalue weighted by Gasteiger charge is -2.34. The number of nitro groups is 1. The Labute approximate surface area is 224 Å². The molecule has 2 saturated heterocycles. The summed E-state index contributed by atoms with van der Waals surface area (Å²) in [5.41, 5.74) is -0.895. The van der Waals surface area contributed by atoms with E-state index in [1.807, 2.05) is 0 Å². The summed E-state index contributed by atoms with van der Waals surface area (Å²) in [6.45, 7) is 1.28. The summed E-state index contributed by atoms with van der Waals surface area (Å²) in [6.07, 6.45) is 4.04. The van der Waals surface area contributed by atoms with Crippen LogP contribution in [0.2, 0.25) is 0 Å². The van der Waals surface area contributed by atoms with E-state index in [1.54, 1.807) is 24.3 Å². The van der Waals surface area contributed by atoms with Gasteiger partial charge >= 0.3 is 11.9 Å². The SMILES string of the molecule is CC(=O)Oc1ccc(C2NC(Cc3ccc([N+](=O)[O-])cc3)(C(=O)O)C3C(=O)N(C4CCCCC4)C(=O)C23)cc1. The van der Waals surface area contributed by atoms with Crippen molar-refractivity contribution in [3.63, 3.8) is 0 Å². The van der Waals surface area contributed by atoms with E-state index in [9.17, 15) is 34.4 Å². The number of carbonyl (C=O) groups is 4. The van der Waals surface area contributed by atoms with Crippen LogP contribution in [-0.2, 0) is 25.6 Å². The Morgan fingerprint density at radius 1 is 1.05 bits per heavy atom. The molecule has 2 aromatic rings. The molecule has 1 saturated carbocycles. The fourth-order valence-electron chi connectivity index (χ4n) is 6.41. The van der Waals surface area contributed by atoms with Crippen LogP contribution in [0.4, 0.5) is 5.69 Å². The van der Waals surface area contributed by atoms with Gasteiger partial charge < -0.3 is 9.84 Å². The normalized spacial score (nSPS) is 26.9. The minimum Gasteiger partial charge on any atom is -0.480 e. The highest BCUT2D eigenvalue weighted by Crippen LogP contribution is 2.51. The molecule has 0 spiro atoms. The number of aliphatic carboxylic acids is 1. The van der Waals surface area contributed by atoms with Crippen LogP contribution >= 0.6 is 0 Å². The first-order valence-corrected chi connectivity index (χ1v) is 13.0. The summed E-state index contributed by atoms with van der Waals surface area (Å²) in [7, 11) is 0. The van der Waals surface area contributed by atoms with Crippen LogP contribution in [0.15, 0.2) is 48.5 Å². The highest BCUT2D eigenvalue weighted by Gasteiger charge is 2.69. The number of rotatable bonds is 7. The Hall–Kier alpha value is -4.12. The summed E-state index contributed by atoms with van der Waals surface area (Å²) in [6, 6.07) is 10.9. The zero-order valence-corrected chi connectivity index (χ0v) is 21.4. The van der Waals surface area contributed by atoms with Gasteiger partial charge in [-0.1, -0.05) is 43.5 Å². The third-order valence-corrected chi connectivity index (χ3v) is 8.14. The van der Waals surface area contributed by atoms with Crippen LogP contribution in [0.25, 0.3) is 0 Å². The third kappa shape index (κ3) is 4.67. The van der Waals surface area contributed by atoms with Crippen molar-refractivity contribution in [3.8, 4) is 5.75 Å². The molecular formula is C28H29N3O8. The molecule has 2 aliphatic heterocycles. The van der Waals surface area contributed by atoms with Gasteiger partial charge in [-0.3, -0.25) is 39.5 Å². The molecule has 4 unspecified atom stereocenters. The number of nitrogens with one attached hydrogen (secondary N) is 1. The van der Waals surface area contributed by atoms with Crippen molar-refractivity contribution in [2.45, 2.75) is 63.1 Å². The predicted octanol–water partition coefficient (Wildman–Crippen LogP) is 3.16. The molecule has 2 amide bonds. The van der Waals surface area contributed by atoms with Gasteiger partial charge in [-0.25, -0.2) is 0 Å². The van der Waals surface area contributed by atoms with E-state index in [0.29, 0.717) is 29.7 Å². The number of ether oxygens (including phenoxy) is 1. The van der Waals surface area contributed by atoms with Crippen molar-refractivity contribution in [2.24, 2.45) is 11.8 Å². The molecule has 2 N–H and O–H groups in total. The molecule has 1 aliphatic carbocycles. The maximum absolute atomic E-state index is 14.0. The summed E-state index contributed by atoms with van der Waals surface area (Å²) < 4.78 is 5.11. The Balaban J connectivity index is 1.56. The van der Waals surface area contributed by atoms with Crippen LogP contribution in [0.3, 0.4) is 0 Å². The second kappa shape index (κ2) is 10.2. The van der Waals surface area contributed by atoms with Gasteiger partial charge in [0.15, 0.2) is 0 Å². The van der Waals surface area contributed by atoms with Gasteiger partial charge in [0.1, 0.15) is 11.3 Å². The van der Waals surface area contributed by atoms with E-state index in [0.717, 1.165) is 19.3 Å². The Kier molecular flexibility index (Phi) is 6.94. The number of hydrogen-bond donors (Lipinski definition) is 2. The minimum atomic E-state index is -1.82. The zero-order chi connectivity index (χ0) is 27.9. The fourth-order valence-corrected chi connectivity index (χ4v) is 6.41. The van der Waals surface area contributed by atoms with Crippen LogP contribution in [0, 0.1) is 22.0 Å². The van der Waals surface area contributed by atoms with Crippen LogP contribution < -0.4 is 10.1 Å². The highest BCUT2D eigenvalue weighted by atomic mass is 16.6. The van der Waals surface area contributed by atoms with Crippen molar-refractivity contribution in [3.05, 3.63) is 69.8 Å². The molecular weight excluding hydrogens is 506 g/mol. The summed E-state index contributed by atoms with van der Waals surface area (Å²) in [5.74, 6) is -4.46. The fraction of sp³-hybridized carbons (Fsp3) is 0.429. The largest absolute Gasteiger partial charge is 0.480 e. The zero-order valence-electron chi connectivity index (χ0n) is 21.4. The number of carboxylic acids is 1. The second-order valence-electron chi connectivity index (χ2n) is 10.5. The number of esters is 1. The third-order valence-electron chi connectivity index (χ3n) is 8.14. The maximum atomic E-state index is 14.0. The Bertz CT molecular complexity index is 1320. The standard InChI is InChI=1S/C28H29N3O8/c1-16(32)39-21-13-9-18(10-14-21)24-22-23(26(34)30(25(22)33)19-5-3-2-4-6-19)28(29-24,27(35)36)15-17-7-11-20(12-8-17)31(37)38/h7-14,19,22-24,29H,2-6,15H2,1H3,(H,35,36). The van der Waals surface area contributed by atoms with E-state index in [1.165, 1.54) is 36.1 Å². The molecule has 2 heterocycles. The molecule has 0 aromatic heterocycles. The number of carboxylic acid groups (broad SMARTS) is 1. The van der Waals surface area contributed by atoms with Crippen LogP contribution in [0.5, 0.6) is 5.75 Å². The molecule has 3 fully saturated rings. The van der Waals surface area contributed by atoms with Gasteiger partial charge in [-0.15, -0.1) is 0 Å². The number of fused-ring (bicyclic) bond motifs is 1. The molecule has 3 aliphatic rings. The van der Waals surface area contributed by atoms with Crippen molar-refractivity contribution in [2.75, 3.05) is 0 Å². The number of likely N-dealkylation sites (tertiary alicyclic amines) is 1. The average molecular weight is 536 g/mol. The first-order chi connectivity index (χ1) is 18.6. The summed E-state index contributed by atoms with van der Waals surface area (Å²) >= 11 is 0. The van der Waals surface area contributed by atoms with Gasteiger partial charge in [0.2, 0.25) is 11.8 Å². The van der Waals surface area contributed by atoms with E-state index in [4.69, 9.17) is 4.74 Å². The van der Waals surface area contributed by atoms with Gasteiger partial charge in [-0.2, -0.15) is 0 Å². The highest BCUT2D eigenvalue weighted by molar-refractivity contribution is 6.09. The first kappa shape index (κ1) is 26.5. The molecule has 11 nitrogen and oxygen atoms in total. The lowest BCUT2D eigenvalue weighted by molar-refractivity contribution is -0.384.